The molecule has 0 unspecified atom stereocenters. The molecule has 0 atom stereocenters. The van der Waals surface area contributed by atoms with Gasteiger partial charge in [-0.3, -0.25) is 4.79 Å². The maximum atomic E-state index is 11.7. The van der Waals surface area contributed by atoms with E-state index in [-0.39, 0.29) is 12.5 Å². The van der Waals surface area contributed by atoms with Crippen LogP contribution in [0.2, 0.25) is 5.02 Å². The van der Waals surface area contributed by atoms with Crippen LogP contribution >= 0.6 is 11.6 Å². The SMILES string of the molecule is COCCCNC(=O)COc1ccc(Cl)c2ccccc12. The van der Waals surface area contributed by atoms with Crippen molar-refractivity contribution < 1.29 is 14.3 Å². The average Bonchev–Trinajstić information content (AvgIpc) is 2.51. The third kappa shape index (κ3) is 4.34. The van der Waals surface area contributed by atoms with E-state index in [4.69, 9.17) is 21.1 Å². The van der Waals surface area contributed by atoms with Gasteiger partial charge in [-0.2, -0.15) is 0 Å². The third-order valence-corrected chi connectivity index (χ3v) is 3.37. The number of hydrogen-bond acceptors (Lipinski definition) is 3. The van der Waals surface area contributed by atoms with Crippen molar-refractivity contribution >= 4 is 28.3 Å². The molecule has 0 fully saturated rings. The molecule has 2 aromatic carbocycles. The molecular formula is C16H18ClNO3. The second-order valence-electron chi connectivity index (χ2n) is 4.58. The highest BCUT2D eigenvalue weighted by molar-refractivity contribution is 6.35. The monoisotopic (exact) mass is 307 g/mol. The van der Waals surface area contributed by atoms with Gasteiger partial charge < -0.3 is 14.8 Å². The van der Waals surface area contributed by atoms with Crippen molar-refractivity contribution in [1.82, 2.24) is 5.32 Å². The zero-order valence-corrected chi connectivity index (χ0v) is 12.7. The summed E-state index contributed by atoms with van der Waals surface area (Å²) in [6.45, 7) is 1.19. The fourth-order valence-corrected chi connectivity index (χ4v) is 2.23. The van der Waals surface area contributed by atoms with Gasteiger partial charge in [0, 0.05) is 36.1 Å². The Kier molecular flexibility index (Phi) is 5.84. The number of benzene rings is 2. The second kappa shape index (κ2) is 7.86. The van der Waals surface area contributed by atoms with Gasteiger partial charge in [0.25, 0.3) is 5.91 Å². The minimum Gasteiger partial charge on any atom is -0.483 e. The molecule has 2 aromatic rings. The second-order valence-corrected chi connectivity index (χ2v) is 4.98. The van der Waals surface area contributed by atoms with Crippen molar-refractivity contribution in [3.05, 3.63) is 41.4 Å². The lowest BCUT2D eigenvalue weighted by Crippen LogP contribution is -2.30. The van der Waals surface area contributed by atoms with Crippen LogP contribution < -0.4 is 10.1 Å². The van der Waals surface area contributed by atoms with Crippen LogP contribution in [0.15, 0.2) is 36.4 Å². The molecule has 21 heavy (non-hydrogen) atoms. The molecule has 1 N–H and O–H groups in total. The van der Waals surface area contributed by atoms with Gasteiger partial charge in [0.05, 0.1) is 0 Å². The molecule has 0 aliphatic heterocycles. The van der Waals surface area contributed by atoms with Crippen molar-refractivity contribution in [3.63, 3.8) is 0 Å². The molecule has 0 radical (unpaired) electrons. The Morgan fingerprint density at radius 3 is 2.71 bits per heavy atom. The molecule has 0 spiro atoms. The molecule has 0 heterocycles. The van der Waals surface area contributed by atoms with E-state index in [1.54, 1.807) is 19.2 Å². The Bertz CT molecular complexity index is 615. The smallest absolute Gasteiger partial charge is 0.257 e. The fourth-order valence-electron chi connectivity index (χ4n) is 2.00. The number of hydrogen-bond donors (Lipinski definition) is 1. The molecule has 0 aromatic heterocycles. The summed E-state index contributed by atoms with van der Waals surface area (Å²) in [6.07, 6.45) is 0.784. The van der Waals surface area contributed by atoms with Gasteiger partial charge in [0.15, 0.2) is 6.61 Å². The van der Waals surface area contributed by atoms with Gasteiger partial charge in [-0.05, 0) is 18.6 Å². The van der Waals surface area contributed by atoms with Crippen LogP contribution in [0.3, 0.4) is 0 Å². The number of fused-ring (bicyclic) bond motifs is 1. The van der Waals surface area contributed by atoms with Crippen molar-refractivity contribution in [2.75, 3.05) is 26.9 Å². The molecular weight excluding hydrogens is 290 g/mol. The molecule has 0 aliphatic rings. The number of carbonyl (C=O) groups is 1. The Balaban J connectivity index is 1.95. The number of rotatable bonds is 7. The first kappa shape index (κ1) is 15.6. The predicted molar refractivity (Wildman–Crippen MR) is 84.0 cm³/mol. The van der Waals surface area contributed by atoms with E-state index in [2.05, 4.69) is 5.32 Å². The zero-order chi connectivity index (χ0) is 15.1. The van der Waals surface area contributed by atoms with E-state index < -0.39 is 0 Å². The Morgan fingerprint density at radius 1 is 1.19 bits per heavy atom. The molecule has 0 saturated heterocycles. The minimum absolute atomic E-state index is 0.0153. The van der Waals surface area contributed by atoms with Crippen molar-refractivity contribution in [2.24, 2.45) is 0 Å². The summed E-state index contributed by atoms with van der Waals surface area (Å²) in [4.78, 5) is 11.7. The van der Waals surface area contributed by atoms with Gasteiger partial charge in [-0.1, -0.05) is 35.9 Å². The Hall–Kier alpha value is -1.78. The highest BCUT2D eigenvalue weighted by atomic mass is 35.5. The maximum absolute atomic E-state index is 11.7. The average molecular weight is 308 g/mol. The van der Waals surface area contributed by atoms with Crippen LogP contribution in [0.1, 0.15) is 6.42 Å². The number of nitrogens with one attached hydrogen (secondary N) is 1. The summed E-state index contributed by atoms with van der Waals surface area (Å²) in [6, 6.07) is 11.2. The molecule has 4 nitrogen and oxygen atoms in total. The minimum atomic E-state index is -0.148. The number of carbonyl (C=O) groups excluding carboxylic acids is 1. The fraction of sp³-hybridized carbons (Fsp3) is 0.312. The standard InChI is InChI=1S/C16H18ClNO3/c1-20-10-4-9-18-16(19)11-21-15-8-7-14(17)12-5-2-3-6-13(12)15/h2-3,5-8H,4,9-11H2,1H3,(H,18,19). The third-order valence-electron chi connectivity index (χ3n) is 3.04. The van der Waals surface area contributed by atoms with Crippen molar-refractivity contribution in [1.29, 1.82) is 0 Å². The molecule has 1 amide bonds. The van der Waals surface area contributed by atoms with Crippen LogP contribution in [0.5, 0.6) is 5.75 Å². The molecule has 5 heteroatoms. The first-order valence-electron chi connectivity index (χ1n) is 6.78. The lowest BCUT2D eigenvalue weighted by Gasteiger charge is -2.10. The van der Waals surface area contributed by atoms with E-state index in [9.17, 15) is 4.79 Å². The van der Waals surface area contributed by atoms with Gasteiger partial charge >= 0.3 is 0 Å². The largest absolute Gasteiger partial charge is 0.483 e. The normalized spacial score (nSPS) is 10.6. The number of halogens is 1. The first-order valence-corrected chi connectivity index (χ1v) is 7.16. The van der Waals surface area contributed by atoms with Crippen LogP contribution in [-0.4, -0.2) is 32.8 Å². The van der Waals surface area contributed by atoms with Crippen LogP contribution in [0.4, 0.5) is 0 Å². The Morgan fingerprint density at radius 2 is 1.95 bits per heavy atom. The number of amides is 1. The quantitative estimate of drug-likeness (QED) is 0.800. The van der Waals surface area contributed by atoms with E-state index in [0.29, 0.717) is 23.9 Å². The maximum Gasteiger partial charge on any atom is 0.257 e. The molecule has 112 valence electrons. The van der Waals surface area contributed by atoms with Crippen molar-refractivity contribution in [2.45, 2.75) is 6.42 Å². The molecule has 2 rings (SSSR count). The van der Waals surface area contributed by atoms with Crippen LogP contribution in [0, 0.1) is 0 Å². The van der Waals surface area contributed by atoms with E-state index in [1.807, 2.05) is 24.3 Å². The predicted octanol–water partition coefficient (Wildman–Crippen LogP) is 3.02. The summed E-state index contributed by atoms with van der Waals surface area (Å²) in [5.41, 5.74) is 0. The number of ether oxygens (including phenoxy) is 2. The van der Waals surface area contributed by atoms with Gasteiger partial charge in [0.2, 0.25) is 0 Å². The van der Waals surface area contributed by atoms with E-state index in [0.717, 1.165) is 17.2 Å². The van der Waals surface area contributed by atoms with E-state index >= 15 is 0 Å². The highest BCUT2D eigenvalue weighted by Crippen LogP contribution is 2.31. The summed E-state index contributed by atoms with van der Waals surface area (Å²) >= 11 is 6.14. The summed E-state index contributed by atoms with van der Waals surface area (Å²) in [5, 5.41) is 5.26. The summed E-state index contributed by atoms with van der Waals surface area (Å²) in [5.74, 6) is 0.507. The van der Waals surface area contributed by atoms with Crippen LogP contribution in [-0.2, 0) is 9.53 Å². The molecule has 0 saturated carbocycles. The van der Waals surface area contributed by atoms with Crippen molar-refractivity contribution in [3.8, 4) is 5.75 Å². The summed E-state index contributed by atoms with van der Waals surface area (Å²) < 4.78 is 10.5. The topological polar surface area (TPSA) is 47.6 Å². The number of methoxy groups -OCH3 is 1. The molecule has 0 bridgehead atoms. The first-order chi connectivity index (χ1) is 10.2. The Labute approximate surface area is 129 Å². The van der Waals surface area contributed by atoms with Gasteiger partial charge in [-0.15, -0.1) is 0 Å². The summed E-state index contributed by atoms with van der Waals surface area (Å²) in [7, 11) is 1.64. The van der Waals surface area contributed by atoms with Gasteiger partial charge in [0.1, 0.15) is 5.75 Å². The highest BCUT2D eigenvalue weighted by Gasteiger charge is 2.07. The van der Waals surface area contributed by atoms with Gasteiger partial charge in [-0.25, -0.2) is 0 Å². The van der Waals surface area contributed by atoms with E-state index in [1.165, 1.54) is 0 Å². The van der Waals surface area contributed by atoms with Crippen LogP contribution in [0.25, 0.3) is 10.8 Å². The lowest BCUT2D eigenvalue weighted by molar-refractivity contribution is -0.123. The zero-order valence-electron chi connectivity index (χ0n) is 11.9. The molecule has 0 aliphatic carbocycles. The lowest BCUT2D eigenvalue weighted by atomic mass is 10.1.